The molecule has 1 atom stereocenters. The highest BCUT2D eigenvalue weighted by Gasteiger charge is 2.39. The van der Waals surface area contributed by atoms with E-state index in [0.29, 0.717) is 17.9 Å². The highest BCUT2D eigenvalue weighted by atomic mass is 32.2. The molecule has 1 aliphatic rings. The fourth-order valence-electron chi connectivity index (χ4n) is 2.81. The molecule has 1 N–H and O–H groups in total. The molecule has 3 rings (SSSR count). The number of thioether (sulfide) groups is 1. The van der Waals surface area contributed by atoms with Crippen molar-refractivity contribution in [3.63, 3.8) is 0 Å². The Morgan fingerprint density at radius 3 is 2.60 bits per heavy atom. The second-order valence-corrected chi connectivity index (χ2v) is 9.96. The summed E-state index contributed by atoms with van der Waals surface area (Å²) in [5, 5.41) is 2.80. The molecule has 1 aromatic heterocycles. The monoisotopic (exact) mass is 379 g/mol. The standard InChI is InChI=1S/C18H21NO4S2/c1-13-3-6-15(7-4-13)24-11-14-5-8-16(23-14)17(20)19-18(2)9-10-25(21,22)12-18/h3-8H,9-12H2,1-2H3,(H,19,20)/t18-/m0/s1. The molecule has 1 amide bonds. The second kappa shape index (κ2) is 6.88. The molecule has 0 radical (unpaired) electrons. The maximum Gasteiger partial charge on any atom is 0.287 e. The Hall–Kier alpha value is -1.73. The summed E-state index contributed by atoms with van der Waals surface area (Å²) < 4.78 is 28.9. The summed E-state index contributed by atoms with van der Waals surface area (Å²) in [6.07, 6.45) is 0.428. The Kier molecular flexibility index (Phi) is 4.97. The van der Waals surface area contributed by atoms with Gasteiger partial charge in [-0.05, 0) is 44.5 Å². The number of sulfone groups is 1. The summed E-state index contributed by atoms with van der Waals surface area (Å²) in [4.78, 5) is 13.5. The minimum Gasteiger partial charge on any atom is -0.455 e. The number of rotatable bonds is 5. The number of hydrogen-bond donors (Lipinski definition) is 1. The third-order valence-corrected chi connectivity index (χ3v) is 7.14. The lowest BCUT2D eigenvalue weighted by molar-refractivity contribution is 0.0885. The number of aryl methyl sites for hydroxylation is 1. The van der Waals surface area contributed by atoms with Crippen LogP contribution in [-0.2, 0) is 15.6 Å². The Balaban J connectivity index is 1.59. The summed E-state index contributed by atoms with van der Waals surface area (Å²) >= 11 is 1.63. The van der Waals surface area contributed by atoms with Crippen molar-refractivity contribution in [1.29, 1.82) is 0 Å². The van der Waals surface area contributed by atoms with Gasteiger partial charge >= 0.3 is 0 Å². The van der Waals surface area contributed by atoms with Gasteiger partial charge < -0.3 is 9.73 Å². The SMILES string of the molecule is Cc1ccc(SCc2ccc(C(=O)N[C@@]3(C)CCS(=O)(=O)C3)o2)cc1. The average Bonchev–Trinajstić information content (AvgIpc) is 3.11. The van der Waals surface area contributed by atoms with Crippen molar-refractivity contribution in [1.82, 2.24) is 5.32 Å². The lowest BCUT2D eigenvalue weighted by Gasteiger charge is -2.23. The topological polar surface area (TPSA) is 76.4 Å². The molecule has 1 aromatic carbocycles. The van der Waals surface area contributed by atoms with Gasteiger partial charge in [0.05, 0.1) is 22.8 Å². The smallest absolute Gasteiger partial charge is 0.287 e. The molecule has 1 fully saturated rings. The van der Waals surface area contributed by atoms with E-state index in [0.717, 1.165) is 4.90 Å². The Labute approximate surface area is 152 Å². The van der Waals surface area contributed by atoms with Crippen LogP contribution in [0.15, 0.2) is 45.7 Å². The molecule has 7 heteroatoms. The minimum absolute atomic E-state index is 0.0252. The molecule has 2 heterocycles. The molecular formula is C18H21NO4S2. The first kappa shape index (κ1) is 18.1. The van der Waals surface area contributed by atoms with Gasteiger partial charge in [0.2, 0.25) is 0 Å². The fourth-order valence-corrected chi connectivity index (χ4v) is 5.70. The van der Waals surface area contributed by atoms with Crippen molar-refractivity contribution in [2.75, 3.05) is 11.5 Å². The number of carbonyl (C=O) groups is 1. The summed E-state index contributed by atoms with van der Waals surface area (Å²) in [5.74, 6) is 1.27. The molecule has 0 unspecified atom stereocenters. The zero-order chi connectivity index (χ0) is 18.1. The predicted molar refractivity (Wildman–Crippen MR) is 98.6 cm³/mol. The second-order valence-electron chi connectivity index (χ2n) is 6.72. The Bertz CT molecular complexity index is 871. The van der Waals surface area contributed by atoms with E-state index in [1.807, 2.05) is 6.92 Å². The van der Waals surface area contributed by atoms with E-state index in [1.54, 1.807) is 30.8 Å². The van der Waals surface area contributed by atoms with Crippen LogP contribution in [0.3, 0.4) is 0 Å². The third kappa shape index (κ3) is 4.67. The van der Waals surface area contributed by atoms with Gasteiger partial charge in [-0.25, -0.2) is 8.42 Å². The van der Waals surface area contributed by atoms with Crippen molar-refractivity contribution in [2.45, 2.75) is 36.5 Å². The predicted octanol–water partition coefficient (Wildman–Crippen LogP) is 3.19. The maximum absolute atomic E-state index is 12.3. The van der Waals surface area contributed by atoms with E-state index in [9.17, 15) is 13.2 Å². The highest BCUT2D eigenvalue weighted by molar-refractivity contribution is 7.98. The van der Waals surface area contributed by atoms with Gasteiger partial charge in [-0.3, -0.25) is 4.79 Å². The zero-order valence-electron chi connectivity index (χ0n) is 14.2. The van der Waals surface area contributed by atoms with Crippen LogP contribution >= 0.6 is 11.8 Å². The van der Waals surface area contributed by atoms with Crippen LogP contribution < -0.4 is 5.32 Å². The molecule has 0 bridgehead atoms. The largest absolute Gasteiger partial charge is 0.455 e. The van der Waals surface area contributed by atoms with Crippen LogP contribution in [0, 0.1) is 6.92 Å². The van der Waals surface area contributed by atoms with Crippen LogP contribution in [0.4, 0.5) is 0 Å². The molecule has 0 aliphatic carbocycles. The average molecular weight is 380 g/mol. The van der Waals surface area contributed by atoms with Gasteiger partial charge in [0.1, 0.15) is 5.76 Å². The fraction of sp³-hybridized carbons (Fsp3) is 0.389. The van der Waals surface area contributed by atoms with Crippen LogP contribution in [0.2, 0.25) is 0 Å². The van der Waals surface area contributed by atoms with Crippen molar-refractivity contribution in [2.24, 2.45) is 0 Å². The number of carbonyl (C=O) groups excluding carboxylic acids is 1. The van der Waals surface area contributed by atoms with E-state index < -0.39 is 15.4 Å². The first-order valence-electron chi connectivity index (χ1n) is 8.06. The summed E-state index contributed by atoms with van der Waals surface area (Å²) in [6, 6.07) is 11.6. The maximum atomic E-state index is 12.3. The van der Waals surface area contributed by atoms with E-state index in [-0.39, 0.29) is 23.2 Å². The number of amides is 1. The Morgan fingerprint density at radius 1 is 1.24 bits per heavy atom. The first-order valence-corrected chi connectivity index (χ1v) is 10.9. The van der Waals surface area contributed by atoms with Gasteiger partial charge in [-0.2, -0.15) is 0 Å². The van der Waals surface area contributed by atoms with E-state index in [1.165, 1.54) is 5.56 Å². The van der Waals surface area contributed by atoms with E-state index in [2.05, 4.69) is 29.6 Å². The molecular weight excluding hydrogens is 358 g/mol. The van der Waals surface area contributed by atoms with Crippen molar-refractivity contribution < 1.29 is 17.6 Å². The van der Waals surface area contributed by atoms with Crippen molar-refractivity contribution in [3.05, 3.63) is 53.5 Å². The van der Waals surface area contributed by atoms with Gasteiger partial charge in [-0.15, -0.1) is 11.8 Å². The van der Waals surface area contributed by atoms with Crippen LogP contribution in [0.1, 0.15) is 35.2 Å². The zero-order valence-corrected chi connectivity index (χ0v) is 15.9. The van der Waals surface area contributed by atoms with Gasteiger partial charge in [-0.1, -0.05) is 17.7 Å². The quantitative estimate of drug-likeness (QED) is 0.808. The molecule has 0 spiro atoms. The molecule has 2 aromatic rings. The summed E-state index contributed by atoms with van der Waals surface area (Å²) in [6.45, 7) is 3.80. The lowest BCUT2D eigenvalue weighted by atomic mass is 10.0. The van der Waals surface area contributed by atoms with Crippen molar-refractivity contribution in [3.8, 4) is 0 Å². The summed E-state index contributed by atoms with van der Waals surface area (Å²) in [7, 11) is -3.07. The van der Waals surface area contributed by atoms with Gasteiger partial charge in [0, 0.05) is 4.90 Å². The molecule has 1 aliphatic heterocycles. The van der Waals surface area contributed by atoms with Crippen LogP contribution in [-0.4, -0.2) is 31.4 Å². The third-order valence-electron chi connectivity index (χ3n) is 4.21. The van der Waals surface area contributed by atoms with Gasteiger partial charge in [0.15, 0.2) is 15.6 Å². The number of furan rings is 1. The molecule has 1 saturated heterocycles. The van der Waals surface area contributed by atoms with E-state index in [4.69, 9.17) is 4.42 Å². The number of benzene rings is 1. The Morgan fingerprint density at radius 2 is 1.96 bits per heavy atom. The minimum atomic E-state index is -3.07. The van der Waals surface area contributed by atoms with Crippen molar-refractivity contribution >= 4 is 27.5 Å². The molecule has 25 heavy (non-hydrogen) atoms. The molecule has 5 nitrogen and oxygen atoms in total. The molecule has 134 valence electrons. The number of nitrogens with one attached hydrogen (secondary N) is 1. The number of hydrogen-bond acceptors (Lipinski definition) is 5. The lowest BCUT2D eigenvalue weighted by Crippen LogP contribution is -2.46. The van der Waals surface area contributed by atoms with Gasteiger partial charge in [0.25, 0.3) is 5.91 Å². The summed E-state index contributed by atoms with van der Waals surface area (Å²) in [5.41, 5.74) is 0.489. The highest BCUT2D eigenvalue weighted by Crippen LogP contribution is 2.26. The van der Waals surface area contributed by atoms with Crippen LogP contribution in [0.25, 0.3) is 0 Å². The normalized spacial score (nSPS) is 22.0. The van der Waals surface area contributed by atoms with E-state index >= 15 is 0 Å². The first-order chi connectivity index (χ1) is 11.7. The van der Waals surface area contributed by atoms with Crippen LogP contribution in [0.5, 0.6) is 0 Å². The molecule has 0 saturated carbocycles.